The Morgan fingerprint density at radius 3 is 2.43 bits per heavy atom. The first-order valence-corrected chi connectivity index (χ1v) is 8.66. The van der Waals surface area contributed by atoms with Crippen molar-refractivity contribution in [1.29, 1.82) is 0 Å². The van der Waals surface area contributed by atoms with Crippen LogP contribution in [0.15, 0.2) is 48.5 Å². The van der Waals surface area contributed by atoms with Gasteiger partial charge in [0.15, 0.2) is 0 Å². The van der Waals surface area contributed by atoms with Crippen LogP contribution in [0.2, 0.25) is 5.02 Å². The predicted molar refractivity (Wildman–Crippen MR) is 101 cm³/mol. The Morgan fingerprint density at radius 2 is 1.87 bits per heavy atom. The van der Waals surface area contributed by atoms with E-state index in [-0.39, 0.29) is 4.32 Å². The van der Waals surface area contributed by atoms with Gasteiger partial charge in [-0.15, -0.1) is 0 Å². The summed E-state index contributed by atoms with van der Waals surface area (Å²) in [5.74, 6) is -0.893. The molecule has 0 radical (unpaired) electrons. The van der Waals surface area contributed by atoms with Crippen LogP contribution in [-0.2, 0) is 11.2 Å². The number of carbonyl (C=O) groups is 1. The zero-order valence-electron chi connectivity index (χ0n) is 12.2. The van der Waals surface area contributed by atoms with Crippen LogP contribution >= 0.6 is 35.6 Å². The summed E-state index contributed by atoms with van der Waals surface area (Å²) in [6.07, 6.45) is 1.12. The van der Waals surface area contributed by atoms with Crippen molar-refractivity contribution in [2.24, 2.45) is 5.73 Å². The second-order valence-corrected chi connectivity index (χ2v) is 7.33. The van der Waals surface area contributed by atoms with Gasteiger partial charge in [-0.25, -0.2) is 0 Å². The van der Waals surface area contributed by atoms with Crippen molar-refractivity contribution in [3.63, 3.8) is 0 Å². The van der Waals surface area contributed by atoms with Gasteiger partial charge in [-0.2, -0.15) is 0 Å². The number of aryl methyl sites for hydroxylation is 1. The Kier molecular flexibility index (Phi) is 6.45. The van der Waals surface area contributed by atoms with E-state index in [1.165, 1.54) is 0 Å². The number of thiocarbonyl (C=S) groups is 1. The van der Waals surface area contributed by atoms with Crippen molar-refractivity contribution < 1.29 is 9.90 Å². The average molecular weight is 366 g/mol. The molecule has 1 unspecified atom stereocenters. The van der Waals surface area contributed by atoms with Crippen LogP contribution in [-0.4, -0.2) is 20.6 Å². The van der Waals surface area contributed by atoms with Crippen LogP contribution in [0, 0.1) is 0 Å². The number of rotatable bonds is 6. The molecule has 23 heavy (non-hydrogen) atoms. The lowest BCUT2D eigenvalue weighted by Gasteiger charge is -2.11. The average Bonchev–Trinajstić information content (AvgIpc) is 2.52. The topological polar surface area (TPSA) is 63.3 Å². The maximum Gasteiger partial charge on any atom is 0.317 e. The number of aliphatic carboxylic acids is 1. The van der Waals surface area contributed by atoms with E-state index in [1.54, 1.807) is 0 Å². The summed E-state index contributed by atoms with van der Waals surface area (Å²) < 4.78 is 0.159. The van der Waals surface area contributed by atoms with Crippen LogP contribution in [0.4, 0.5) is 0 Å². The lowest BCUT2D eigenvalue weighted by molar-refractivity contribution is -0.136. The summed E-state index contributed by atoms with van der Waals surface area (Å²) in [5.41, 5.74) is 8.50. The first kappa shape index (κ1) is 17.8. The van der Waals surface area contributed by atoms with Crippen molar-refractivity contribution >= 4 is 45.9 Å². The zero-order valence-corrected chi connectivity index (χ0v) is 14.6. The normalized spacial score (nSPS) is 11.9. The molecule has 120 valence electrons. The number of nitrogens with two attached hydrogens (primary N) is 1. The van der Waals surface area contributed by atoms with Gasteiger partial charge >= 0.3 is 5.97 Å². The van der Waals surface area contributed by atoms with Crippen LogP contribution in [0.5, 0.6) is 0 Å². The molecule has 0 amide bonds. The summed E-state index contributed by atoms with van der Waals surface area (Å²) in [4.78, 5) is 11.2. The standard InChI is InChI=1S/C17H16ClNO2S2/c18-14-4-2-1-3-13(14)12-8-5-11(6-9-12)7-10-15(16(20)21)23-17(19)22/h1-6,8-9,15H,7,10H2,(H2,19,22)(H,20,21). The van der Waals surface area contributed by atoms with Crippen molar-refractivity contribution in [3.05, 3.63) is 59.1 Å². The third kappa shape index (κ3) is 5.23. The molecule has 3 nitrogen and oxygen atoms in total. The smallest absolute Gasteiger partial charge is 0.317 e. The van der Waals surface area contributed by atoms with Crippen molar-refractivity contribution in [2.75, 3.05) is 0 Å². The molecule has 2 aromatic carbocycles. The summed E-state index contributed by atoms with van der Waals surface area (Å²) in [6.45, 7) is 0. The van der Waals surface area contributed by atoms with Crippen molar-refractivity contribution in [1.82, 2.24) is 0 Å². The Labute approximate surface area is 149 Å². The quantitative estimate of drug-likeness (QED) is 0.744. The van der Waals surface area contributed by atoms with E-state index in [0.29, 0.717) is 17.9 Å². The van der Waals surface area contributed by atoms with Gasteiger partial charge in [0, 0.05) is 10.6 Å². The van der Waals surface area contributed by atoms with E-state index in [9.17, 15) is 9.90 Å². The first-order valence-electron chi connectivity index (χ1n) is 7.00. The van der Waals surface area contributed by atoms with Crippen LogP contribution in [0.1, 0.15) is 12.0 Å². The number of hydrogen-bond donors (Lipinski definition) is 2. The molecule has 0 aliphatic heterocycles. The molecule has 0 spiro atoms. The summed E-state index contributed by atoms with van der Waals surface area (Å²) in [5, 5.41) is 9.27. The third-order valence-electron chi connectivity index (χ3n) is 3.37. The van der Waals surface area contributed by atoms with E-state index >= 15 is 0 Å². The molecule has 0 aromatic heterocycles. The van der Waals surface area contributed by atoms with E-state index in [1.807, 2.05) is 48.5 Å². The number of halogens is 1. The van der Waals surface area contributed by atoms with Gasteiger partial charge in [-0.1, -0.05) is 78.0 Å². The molecule has 2 rings (SSSR count). The highest BCUT2D eigenvalue weighted by Crippen LogP contribution is 2.28. The summed E-state index contributed by atoms with van der Waals surface area (Å²) in [6, 6.07) is 15.6. The molecular formula is C17H16ClNO2S2. The molecule has 0 heterocycles. The van der Waals surface area contributed by atoms with Crippen LogP contribution in [0.3, 0.4) is 0 Å². The van der Waals surface area contributed by atoms with Crippen molar-refractivity contribution in [3.8, 4) is 11.1 Å². The molecule has 0 saturated heterocycles. The summed E-state index contributed by atoms with van der Waals surface area (Å²) >= 11 is 12.0. The molecule has 0 saturated carbocycles. The molecule has 6 heteroatoms. The Balaban J connectivity index is 2.04. The molecule has 0 fully saturated rings. The highest BCUT2D eigenvalue weighted by atomic mass is 35.5. The molecule has 0 aliphatic rings. The fraction of sp³-hybridized carbons (Fsp3) is 0.176. The van der Waals surface area contributed by atoms with Gasteiger partial charge in [0.1, 0.15) is 9.57 Å². The van der Waals surface area contributed by atoms with Crippen LogP contribution < -0.4 is 5.73 Å². The van der Waals surface area contributed by atoms with Crippen LogP contribution in [0.25, 0.3) is 11.1 Å². The maximum absolute atomic E-state index is 11.2. The van der Waals surface area contributed by atoms with Gasteiger partial charge in [0.05, 0.1) is 0 Å². The number of benzene rings is 2. The van der Waals surface area contributed by atoms with Gasteiger partial charge < -0.3 is 10.8 Å². The SMILES string of the molecule is NC(=S)SC(CCc1ccc(-c2ccccc2Cl)cc1)C(=O)O. The van der Waals surface area contributed by atoms with Crippen molar-refractivity contribution in [2.45, 2.75) is 18.1 Å². The number of hydrogen-bond acceptors (Lipinski definition) is 3. The largest absolute Gasteiger partial charge is 0.480 e. The minimum Gasteiger partial charge on any atom is -0.480 e. The minimum absolute atomic E-state index is 0.159. The molecular weight excluding hydrogens is 350 g/mol. The Bertz CT molecular complexity index is 704. The molecule has 0 bridgehead atoms. The first-order chi connectivity index (χ1) is 11.0. The van der Waals surface area contributed by atoms with Gasteiger partial charge in [-0.05, 0) is 30.0 Å². The molecule has 2 aromatic rings. The fourth-order valence-corrected chi connectivity index (χ4v) is 3.43. The maximum atomic E-state index is 11.2. The highest BCUT2D eigenvalue weighted by molar-refractivity contribution is 8.23. The monoisotopic (exact) mass is 365 g/mol. The molecule has 1 atom stereocenters. The lowest BCUT2D eigenvalue weighted by Crippen LogP contribution is -2.21. The zero-order chi connectivity index (χ0) is 16.8. The Hall–Kier alpha value is -1.56. The third-order valence-corrected chi connectivity index (χ3v) is 4.94. The van der Waals surface area contributed by atoms with E-state index in [0.717, 1.165) is 28.5 Å². The second-order valence-electron chi connectivity index (χ2n) is 4.98. The number of carboxylic acids is 1. The highest BCUT2D eigenvalue weighted by Gasteiger charge is 2.19. The van der Waals surface area contributed by atoms with E-state index in [4.69, 9.17) is 29.6 Å². The number of thioether (sulfide) groups is 1. The van der Waals surface area contributed by atoms with E-state index < -0.39 is 11.2 Å². The predicted octanol–water partition coefficient (Wildman–Crippen LogP) is 4.37. The second kappa shape index (κ2) is 8.34. The lowest BCUT2D eigenvalue weighted by atomic mass is 10.0. The Morgan fingerprint density at radius 1 is 1.22 bits per heavy atom. The van der Waals surface area contributed by atoms with E-state index in [2.05, 4.69) is 0 Å². The fourth-order valence-electron chi connectivity index (χ4n) is 2.22. The van der Waals surface area contributed by atoms with Gasteiger partial charge in [0.2, 0.25) is 0 Å². The minimum atomic E-state index is -0.893. The van der Waals surface area contributed by atoms with Gasteiger partial charge in [0.25, 0.3) is 0 Å². The molecule has 0 aliphatic carbocycles. The summed E-state index contributed by atoms with van der Waals surface area (Å²) in [7, 11) is 0. The van der Waals surface area contributed by atoms with Gasteiger partial charge in [-0.3, -0.25) is 4.79 Å². The number of carboxylic acid groups (broad SMARTS) is 1. The molecule has 3 N–H and O–H groups in total.